The standard InChI is InChI=1S/C22H17Cl3N2O2/c23-14-3-1-12(2-4-14)19-20(13-9-15(24)11-16(25)10-13)26-22(29-18-7-8-18)27-21(19)28-17-5-6-17/h1-4,9-11,17-18H,5-8H2. The third-order valence-electron chi connectivity index (χ3n) is 4.72. The Bertz CT molecular complexity index is 1040. The maximum atomic E-state index is 6.28. The molecule has 3 aromatic rings. The van der Waals surface area contributed by atoms with Gasteiger partial charge in [0.15, 0.2) is 0 Å². The number of hydrogen-bond donors (Lipinski definition) is 0. The molecule has 2 saturated carbocycles. The van der Waals surface area contributed by atoms with E-state index in [1.165, 1.54) is 0 Å². The molecule has 2 aliphatic carbocycles. The first-order chi connectivity index (χ1) is 14.0. The van der Waals surface area contributed by atoms with Gasteiger partial charge in [-0.3, -0.25) is 0 Å². The zero-order chi connectivity index (χ0) is 20.0. The number of hydrogen-bond acceptors (Lipinski definition) is 4. The summed E-state index contributed by atoms with van der Waals surface area (Å²) in [5.41, 5.74) is 3.11. The van der Waals surface area contributed by atoms with E-state index in [1.54, 1.807) is 6.07 Å². The van der Waals surface area contributed by atoms with Gasteiger partial charge in [0, 0.05) is 20.6 Å². The Morgan fingerprint density at radius 3 is 1.93 bits per heavy atom. The third-order valence-corrected chi connectivity index (χ3v) is 5.41. The Balaban J connectivity index is 1.72. The third kappa shape index (κ3) is 4.45. The van der Waals surface area contributed by atoms with Crippen LogP contribution in [0.5, 0.6) is 11.9 Å². The SMILES string of the molecule is Clc1ccc(-c2c(OC3CC3)nc(OC3CC3)nc2-c2cc(Cl)cc(Cl)c2)cc1. The summed E-state index contributed by atoms with van der Waals surface area (Å²) in [6.07, 6.45) is 4.39. The Morgan fingerprint density at radius 2 is 1.31 bits per heavy atom. The molecule has 0 saturated heterocycles. The van der Waals surface area contributed by atoms with E-state index in [-0.39, 0.29) is 12.2 Å². The van der Waals surface area contributed by atoms with Gasteiger partial charge in [-0.2, -0.15) is 9.97 Å². The Hall–Kier alpha value is -2.01. The van der Waals surface area contributed by atoms with Crippen molar-refractivity contribution in [3.8, 4) is 34.3 Å². The molecule has 0 spiro atoms. The lowest BCUT2D eigenvalue weighted by molar-refractivity contribution is 0.257. The zero-order valence-electron chi connectivity index (χ0n) is 15.4. The molecule has 0 atom stereocenters. The van der Waals surface area contributed by atoms with Crippen LogP contribution in [0.1, 0.15) is 25.7 Å². The molecule has 0 aliphatic heterocycles. The van der Waals surface area contributed by atoms with Gasteiger partial charge in [0.1, 0.15) is 12.2 Å². The highest BCUT2D eigenvalue weighted by atomic mass is 35.5. The molecule has 29 heavy (non-hydrogen) atoms. The summed E-state index contributed by atoms with van der Waals surface area (Å²) >= 11 is 18.7. The minimum Gasteiger partial charge on any atom is -0.474 e. The van der Waals surface area contributed by atoms with Gasteiger partial charge in [0.05, 0.1) is 11.3 Å². The Morgan fingerprint density at radius 1 is 0.690 bits per heavy atom. The average molecular weight is 448 g/mol. The van der Waals surface area contributed by atoms with Crippen molar-refractivity contribution in [3.05, 3.63) is 57.5 Å². The van der Waals surface area contributed by atoms with Crippen molar-refractivity contribution in [1.29, 1.82) is 0 Å². The monoisotopic (exact) mass is 446 g/mol. The van der Waals surface area contributed by atoms with Gasteiger partial charge in [-0.25, -0.2) is 0 Å². The molecule has 4 nitrogen and oxygen atoms in total. The number of aromatic nitrogens is 2. The Kier molecular flexibility index (Phi) is 5.02. The molecule has 2 fully saturated rings. The van der Waals surface area contributed by atoms with Crippen molar-refractivity contribution < 1.29 is 9.47 Å². The van der Waals surface area contributed by atoms with E-state index in [9.17, 15) is 0 Å². The number of rotatable bonds is 6. The molecule has 7 heteroatoms. The maximum Gasteiger partial charge on any atom is 0.320 e. The first-order valence-corrected chi connectivity index (χ1v) is 10.7. The summed E-state index contributed by atoms with van der Waals surface area (Å²) in [6, 6.07) is 13.2. The van der Waals surface area contributed by atoms with Crippen LogP contribution in [0, 0.1) is 0 Å². The molecule has 0 amide bonds. The van der Waals surface area contributed by atoms with Crippen LogP contribution in [-0.2, 0) is 0 Å². The summed E-state index contributed by atoms with van der Waals surface area (Å²) in [7, 11) is 0. The lowest BCUT2D eigenvalue weighted by Gasteiger charge is -2.17. The van der Waals surface area contributed by atoms with Crippen LogP contribution in [0.3, 0.4) is 0 Å². The molecule has 2 aromatic carbocycles. The smallest absolute Gasteiger partial charge is 0.320 e. The highest BCUT2D eigenvalue weighted by Crippen LogP contribution is 2.42. The number of halogens is 3. The van der Waals surface area contributed by atoms with Crippen LogP contribution in [0.15, 0.2) is 42.5 Å². The van der Waals surface area contributed by atoms with E-state index in [0.717, 1.165) is 42.4 Å². The zero-order valence-corrected chi connectivity index (χ0v) is 17.6. The predicted octanol–water partition coefficient (Wildman–Crippen LogP) is 6.85. The fraction of sp³-hybridized carbons (Fsp3) is 0.273. The van der Waals surface area contributed by atoms with E-state index in [4.69, 9.17) is 49.3 Å². The highest BCUT2D eigenvalue weighted by Gasteiger charge is 2.30. The van der Waals surface area contributed by atoms with E-state index in [0.29, 0.717) is 32.7 Å². The minimum atomic E-state index is 0.167. The van der Waals surface area contributed by atoms with E-state index in [2.05, 4.69) is 4.98 Å². The van der Waals surface area contributed by atoms with Gasteiger partial charge in [-0.15, -0.1) is 0 Å². The lowest BCUT2D eigenvalue weighted by atomic mass is 10.00. The molecular weight excluding hydrogens is 431 g/mol. The molecule has 5 rings (SSSR count). The normalized spacial score (nSPS) is 16.0. The van der Waals surface area contributed by atoms with Crippen molar-refractivity contribution in [2.45, 2.75) is 37.9 Å². The lowest BCUT2D eigenvalue weighted by Crippen LogP contribution is -2.08. The van der Waals surface area contributed by atoms with Crippen LogP contribution in [0.2, 0.25) is 15.1 Å². The van der Waals surface area contributed by atoms with Crippen LogP contribution in [0.4, 0.5) is 0 Å². The van der Waals surface area contributed by atoms with Crippen molar-refractivity contribution in [1.82, 2.24) is 9.97 Å². The van der Waals surface area contributed by atoms with Crippen LogP contribution in [-0.4, -0.2) is 22.2 Å². The van der Waals surface area contributed by atoms with Crippen LogP contribution in [0.25, 0.3) is 22.4 Å². The van der Waals surface area contributed by atoms with E-state index >= 15 is 0 Å². The van der Waals surface area contributed by atoms with Crippen molar-refractivity contribution >= 4 is 34.8 Å². The van der Waals surface area contributed by atoms with Crippen molar-refractivity contribution in [2.75, 3.05) is 0 Å². The molecule has 1 heterocycles. The average Bonchev–Trinajstić information content (AvgIpc) is 3.59. The van der Waals surface area contributed by atoms with Gasteiger partial charge in [-0.05, 0) is 61.6 Å². The summed E-state index contributed by atoms with van der Waals surface area (Å²) < 4.78 is 12.1. The number of ether oxygens (including phenoxy) is 2. The molecule has 0 radical (unpaired) electrons. The van der Waals surface area contributed by atoms with Gasteiger partial charge >= 0.3 is 6.01 Å². The second-order valence-electron chi connectivity index (χ2n) is 7.33. The van der Waals surface area contributed by atoms with E-state index in [1.807, 2.05) is 36.4 Å². The minimum absolute atomic E-state index is 0.167. The molecule has 0 unspecified atom stereocenters. The number of nitrogens with zero attached hydrogens (tertiary/aromatic N) is 2. The van der Waals surface area contributed by atoms with E-state index < -0.39 is 0 Å². The maximum absolute atomic E-state index is 6.28. The fourth-order valence-electron chi connectivity index (χ4n) is 3.01. The van der Waals surface area contributed by atoms with Gasteiger partial charge in [0.2, 0.25) is 5.88 Å². The summed E-state index contributed by atoms with van der Waals surface area (Å²) in [6.45, 7) is 0. The summed E-state index contributed by atoms with van der Waals surface area (Å²) in [4.78, 5) is 9.34. The second-order valence-corrected chi connectivity index (χ2v) is 8.64. The molecule has 0 bridgehead atoms. The number of benzene rings is 2. The molecule has 148 valence electrons. The van der Waals surface area contributed by atoms with Crippen LogP contribution < -0.4 is 9.47 Å². The fourth-order valence-corrected chi connectivity index (χ4v) is 3.67. The predicted molar refractivity (Wildman–Crippen MR) is 115 cm³/mol. The molecule has 1 aromatic heterocycles. The summed E-state index contributed by atoms with van der Waals surface area (Å²) in [5, 5.41) is 1.71. The van der Waals surface area contributed by atoms with Gasteiger partial charge in [0.25, 0.3) is 0 Å². The topological polar surface area (TPSA) is 44.2 Å². The highest BCUT2D eigenvalue weighted by molar-refractivity contribution is 6.35. The molecule has 2 aliphatic rings. The van der Waals surface area contributed by atoms with Crippen molar-refractivity contribution in [3.63, 3.8) is 0 Å². The molecular formula is C22H17Cl3N2O2. The largest absolute Gasteiger partial charge is 0.474 e. The van der Waals surface area contributed by atoms with Gasteiger partial charge < -0.3 is 9.47 Å². The van der Waals surface area contributed by atoms with Gasteiger partial charge in [-0.1, -0.05) is 46.9 Å². The first kappa shape index (κ1) is 19.0. The van der Waals surface area contributed by atoms with Crippen LogP contribution >= 0.6 is 34.8 Å². The first-order valence-electron chi connectivity index (χ1n) is 9.53. The molecule has 0 N–H and O–H groups in total. The quantitative estimate of drug-likeness (QED) is 0.414. The summed E-state index contributed by atoms with van der Waals surface area (Å²) in [5.74, 6) is 0.506. The Labute approximate surface area is 183 Å². The second kappa shape index (κ2) is 7.67. The van der Waals surface area contributed by atoms with Crippen molar-refractivity contribution in [2.24, 2.45) is 0 Å².